The van der Waals surface area contributed by atoms with E-state index >= 15 is 0 Å². The number of nitro benzene ring substituents is 1. The Labute approximate surface area is 165 Å². The third-order valence-corrected chi connectivity index (χ3v) is 5.36. The van der Waals surface area contributed by atoms with Crippen LogP contribution in [0.25, 0.3) is 0 Å². The molecule has 3 heterocycles. The summed E-state index contributed by atoms with van der Waals surface area (Å²) in [5.41, 5.74) is 1.85. The Morgan fingerprint density at radius 2 is 1.83 bits per heavy atom. The van der Waals surface area contributed by atoms with Gasteiger partial charge < -0.3 is 15.1 Å². The largest absolute Gasteiger partial charge is 0.417 e. The molecular weight excluding hydrogens is 387 g/mol. The van der Waals surface area contributed by atoms with Gasteiger partial charge in [-0.05, 0) is 31.0 Å². The molecule has 4 rings (SSSR count). The van der Waals surface area contributed by atoms with Crippen molar-refractivity contribution in [2.24, 2.45) is 0 Å². The minimum Gasteiger partial charge on any atom is -0.384 e. The second-order valence-electron chi connectivity index (χ2n) is 7.12. The summed E-state index contributed by atoms with van der Waals surface area (Å²) in [7, 11) is 0. The number of fused-ring (bicyclic) bond motifs is 1. The topological polar surface area (TPSA) is 74.5 Å². The molecule has 1 aromatic carbocycles. The van der Waals surface area contributed by atoms with E-state index in [2.05, 4.69) is 10.3 Å². The number of benzene rings is 1. The number of nitrogens with zero attached hydrogens (tertiary/aromatic N) is 4. The second-order valence-corrected chi connectivity index (χ2v) is 7.12. The van der Waals surface area contributed by atoms with Crippen molar-refractivity contribution in [2.75, 3.05) is 47.8 Å². The molecule has 2 aliphatic rings. The van der Waals surface area contributed by atoms with Crippen molar-refractivity contribution in [2.45, 2.75) is 19.0 Å². The molecule has 2 aromatic rings. The minimum absolute atomic E-state index is 0.0913. The SMILES string of the molecule is O=[N+]([O-])c1ccc2c(c1N1CCCN(c3ccc(C(F)(F)F)cn3)CC1)CCN2. The summed E-state index contributed by atoms with van der Waals surface area (Å²) >= 11 is 0. The van der Waals surface area contributed by atoms with E-state index in [4.69, 9.17) is 0 Å². The summed E-state index contributed by atoms with van der Waals surface area (Å²) in [6.45, 7) is 3.05. The molecule has 0 unspecified atom stereocenters. The van der Waals surface area contributed by atoms with Gasteiger partial charge in [-0.25, -0.2) is 4.98 Å². The predicted molar refractivity (Wildman–Crippen MR) is 104 cm³/mol. The Balaban J connectivity index is 1.56. The average molecular weight is 407 g/mol. The van der Waals surface area contributed by atoms with Crippen LogP contribution in [0.15, 0.2) is 30.5 Å². The van der Waals surface area contributed by atoms with Crippen LogP contribution in [0.3, 0.4) is 0 Å². The third kappa shape index (κ3) is 3.79. The fraction of sp³-hybridized carbons (Fsp3) is 0.421. The van der Waals surface area contributed by atoms with E-state index in [-0.39, 0.29) is 10.6 Å². The van der Waals surface area contributed by atoms with Crippen molar-refractivity contribution in [3.63, 3.8) is 0 Å². The molecule has 0 amide bonds. The first-order valence-corrected chi connectivity index (χ1v) is 9.42. The summed E-state index contributed by atoms with van der Waals surface area (Å²) in [4.78, 5) is 19.2. The lowest BCUT2D eigenvalue weighted by molar-refractivity contribution is -0.384. The monoisotopic (exact) mass is 407 g/mol. The van der Waals surface area contributed by atoms with Crippen LogP contribution in [-0.4, -0.2) is 42.6 Å². The molecule has 7 nitrogen and oxygen atoms in total. The highest BCUT2D eigenvalue weighted by molar-refractivity contribution is 5.78. The molecule has 0 aliphatic carbocycles. The molecule has 0 atom stereocenters. The van der Waals surface area contributed by atoms with Gasteiger partial charge in [0, 0.05) is 56.2 Å². The summed E-state index contributed by atoms with van der Waals surface area (Å²) in [5.74, 6) is 0.481. The van der Waals surface area contributed by atoms with Gasteiger partial charge in [0.25, 0.3) is 5.69 Å². The lowest BCUT2D eigenvalue weighted by Crippen LogP contribution is -2.32. The molecule has 154 valence electrons. The Morgan fingerprint density at radius 3 is 2.52 bits per heavy atom. The van der Waals surface area contributed by atoms with Crippen LogP contribution in [0.4, 0.5) is 36.1 Å². The molecule has 2 aliphatic heterocycles. The average Bonchev–Trinajstić information content (AvgIpc) is 3.03. The summed E-state index contributed by atoms with van der Waals surface area (Å²) in [6, 6.07) is 5.70. The first-order valence-electron chi connectivity index (χ1n) is 9.42. The number of pyridine rings is 1. The molecule has 10 heteroatoms. The smallest absolute Gasteiger partial charge is 0.384 e. The van der Waals surface area contributed by atoms with Gasteiger partial charge in [-0.2, -0.15) is 13.2 Å². The Bertz CT molecular complexity index is 917. The van der Waals surface area contributed by atoms with Gasteiger partial charge >= 0.3 is 6.18 Å². The quantitative estimate of drug-likeness (QED) is 0.618. The second kappa shape index (κ2) is 7.41. The van der Waals surface area contributed by atoms with Crippen molar-refractivity contribution in [3.05, 3.63) is 51.7 Å². The van der Waals surface area contributed by atoms with Gasteiger partial charge in [0.2, 0.25) is 0 Å². The molecular formula is C19H20F3N5O2. The minimum atomic E-state index is -4.41. The standard InChI is InChI=1S/C19H20F3N5O2/c20-19(21,22)13-2-5-17(24-12-13)25-8-1-9-26(11-10-25)18-14-6-7-23-15(14)3-4-16(18)27(28)29/h2-5,12,23H,1,6-11H2. The molecule has 29 heavy (non-hydrogen) atoms. The molecule has 0 saturated carbocycles. The molecule has 1 aromatic heterocycles. The zero-order chi connectivity index (χ0) is 20.6. The van der Waals surface area contributed by atoms with Gasteiger partial charge in [-0.3, -0.25) is 10.1 Å². The van der Waals surface area contributed by atoms with Gasteiger partial charge in [0.05, 0.1) is 10.5 Å². The Kier molecular flexibility index (Phi) is 4.93. The van der Waals surface area contributed by atoms with Gasteiger partial charge in [0.1, 0.15) is 11.5 Å². The number of aromatic nitrogens is 1. The normalized spacial score (nSPS) is 16.9. The predicted octanol–water partition coefficient (Wildman–Crippen LogP) is 3.69. The number of halogens is 3. The maximum atomic E-state index is 12.8. The van der Waals surface area contributed by atoms with Crippen LogP contribution in [0.5, 0.6) is 0 Å². The number of hydrogen-bond donors (Lipinski definition) is 1. The molecule has 1 fully saturated rings. The van der Waals surface area contributed by atoms with Gasteiger partial charge in [-0.1, -0.05) is 0 Å². The number of nitrogens with one attached hydrogen (secondary N) is 1. The number of rotatable bonds is 3. The number of anilines is 3. The first-order chi connectivity index (χ1) is 13.8. The molecule has 1 saturated heterocycles. The van der Waals surface area contributed by atoms with Crippen molar-refractivity contribution in [1.82, 2.24) is 4.98 Å². The van der Waals surface area contributed by atoms with E-state index in [1.165, 1.54) is 12.1 Å². The Morgan fingerprint density at radius 1 is 1.07 bits per heavy atom. The fourth-order valence-electron chi connectivity index (χ4n) is 3.98. The highest BCUT2D eigenvalue weighted by Gasteiger charge is 2.32. The zero-order valence-corrected chi connectivity index (χ0v) is 15.6. The maximum absolute atomic E-state index is 12.8. The van der Waals surface area contributed by atoms with Crippen LogP contribution in [0.1, 0.15) is 17.5 Å². The highest BCUT2D eigenvalue weighted by atomic mass is 19.4. The molecule has 1 N–H and O–H groups in total. The van der Waals surface area contributed by atoms with E-state index < -0.39 is 11.7 Å². The van der Waals surface area contributed by atoms with Gasteiger partial charge in [0.15, 0.2) is 0 Å². The number of alkyl halides is 3. The van der Waals surface area contributed by atoms with Crippen LogP contribution in [0.2, 0.25) is 0 Å². The van der Waals surface area contributed by atoms with Crippen LogP contribution < -0.4 is 15.1 Å². The van der Waals surface area contributed by atoms with Crippen molar-refractivity contribution < 1.29 is 18.1 Å². The highest BCUT2D eigenvalue weighted by Crippen LogP contribution is 2.40. The summed E-state index contributed by atoms with van der Waals surface area (Å²) in [5, 5.41) is 14.8. The number of nitro groups is 1. The van der Waals surface area contributed by atoms with E-state index in [1.807, 2.05) is 9.80 Å². The summed E-state index contributed by atoms with van der Waals surface area (Å²) < 4.78 is 38.3. The van der Waals surface area contributed by atoms with Crippen LogP contribution in [-0.2, 0) is 12.6 Å². The number of hydrogen-bond acceptors (Lipinski definition) is 6. The lowest BCUT2D eigenvalue weighted by atomic mass is 10.1. The third-order valence-electron chi connectivity index (χ3n) is 5.36. The molecule has 0 bridgehead atoms. The summed E-state index contributed by atoms with van der Waals surface area (Å²) in [6.07, 6.45) is -2.12. The van der Waals surface area contributed by atoms with Crippen molar-refractivity contribution in [3.8, 4) is 0 Å². The zero-order valence-electron chi connectivity index (χ0n) is 15.6. The van der Waals surface area contributed by atoms with Crippen LogP contribution in [0, 0.1) is 10.1 Å². The Hall–Kier alpha value is -3.04. The first kappa shape index (κ1) is 19.3. The van der Waals surface area contributed by atoms with E-state index in [9.17, 15) is 23.3 Å². The fourth-order valence-corrected chi connectivity index (χ4v) is 3.98. The van der Waals surface area contributed by atoms with Crippen LogP contribution >= 0.6 is 0 Å². The van der Waals surface area contributed by atoms with E-state index in [0.29, 0.717) is 37.7 Å². The van der Waals surface area contributed by atoms with E-state index in [0.717, 1.165) is 42.9 Å². The molecule has 0 spiro atoms. The van der Waals surface area contributed by atoms with Crippen molar-refractivity contribution in [1.29, 1.82) is 0 Å². The maximum Gasteiger partial charge on any atom is 0.417 e. The van der Waals surface area contributed by atoms with Crippen molar-refractivity contribution >= 4 is 22.9 Å². The van der Waals surface area contributed by atoms with Gasteiger partial charge in [-0.15, -0.1) is 0 Å². The van der Waals surface area contributed by atoms with E-state index in [1.54, 1.807) is 6.07 Å². The molecule has 0 radical (unpaired) electrons. The lowest BCUT2D eigenvalue weighted by Gasteiger charge is -2.25.